The molecule has 1 heterocycles. The molecule has 1 aliphatic heterocycles. The summed E-state index contributed by atoms with van der Waals surface area (Å²) in [6.07, 6.45) is 0.315. The zero-order chi connectivity index (χ0) is 26.5. The van der Waals surface area contributed by atoms with E-state index in [0.717, 1.165) is 41.3 Å². The van der Waals surface area contributed by atoms with E-state index in [-0.39, 0.29) is 36.1 Å². The lowest BCUT2D eigenvalue weighted by molar-refractivity contribution is 0.123. The first-order valence-corrected chi connectivity index (χ1v) is 14.1. The van der Waals surface area contributed by atoms with Gasteiger partial charge in [-0.1, -0.05) is 32.0 Å². The van der Waals surface area contributed by atoms with Crippen molar-refractivity contribution < 1.29 is 27.1 Å². The van der Waals surface area contributed by atoms with Crippen LogP contribution in [0, 0.1) is 11.6 Å². The number of aliphatic hydroxyl groups is 1. The number of benzene rings is 2. The smallest absolute Gasteiger partial charge is 0.315 e. The van der Waals surface area contributed by atoms with Crippen LogP contribution < -0.4 is 16.0 Å². The van der Waals surface area contributed by atoms with Crippen molar-refractivity contribution in [1.29, 1.82) is 0 Å². The van der Waals surface area contributed by atoms with Crippen LogP contribution in [0.1, 0.15) is 55.5 Å². The Morgan fingerprint density at radius 3 is 2.42 bits per heavy atom. The van der Waals surface area contributed by atoms with Crippen molar-refractivity contribution in [2.24, 2.45) is 0 Å². The lowest BCUT2D eigenvalue weighted by Gasteiger charge is -2.30. The van der Waals surface area contributed by atoms with Gasteiger partial charge in [0.05, 0.1) is 23.7 Å². The van der Waals surface area contributed by atoms with Gasteiger partial charge in [0, 0.05) is 24.7 Å². The fourth-order valence-corrected chi connectivity index (χ4v) is 6.00. The molecule has 1 aliphatic rings. The summed E-state index contributed by atoms with van der Waals surface area (Å²) >= 11 is 0. The van der Waals surface area contributed by atoms with E-state index in [9.17, 15) is 27.1 Å². The molecule has 10 heteroatoms. The molecule has 2 aromatic carbocycles. The van der Waals surface area contributed by atoms with Crippen LogP contribution in [0.5, 0.6) is 0 Å². The number of sulfone groups is 1. The van der Waals surface area contributed by atoms with Crippen molar-refractivity contribution in [3.8, 4) is 0 Å². The summed E-state index contributed by atoms with van der Waals surface area (Å²) in [6.45, 7) is 5.72. The second-order valence-corrected chi connectivity index (χ2v) is 11.6. The summed E-state index contributed by atoms with van der Waals surface area (Å²) < 4.78 is 52.5. The number of fused-ring (bicyclic) bond motifs is 1. The highest BCUT2D eigenvalue weighted by molar-refractivity contribution is 7.90. The average molecular weight is 524 g/mol. The van der Waals surface area contributed by atoms with E-state index in [1.54, 1.807) is 0 Å². The molecule has 0 spiro atoms. The Hall–Kier alpha value is -2.56. The minimum atomic E-state index is -3.33. The first-order valence-electron chi connectivity index (χ1n) is 12.2. The lowest BCUT2D eigenvalue weighted by atomic mass is 9.97. The Morgan fingerprint density at radius 1 is 1.08 bits per heavy atom. The van der Waals surface area contributed by atoms with Gasteiger partial charge in [0.15, 0.2) is 9.84 Å². The third-order valence-electron chi connectivity index (χ3n) is 6.51. The van der Waals surface area contributed by atoms with Gasteiger partial charge in [-0.25, -0.2) is 22.0 Å². The lowest BCUT2D eigenvalue weighted by Crippen LogP contribution is -2.53. The van der Waals surface area contributed by atoms with Crippen LogP contribution in [0.25, 0.3) is 0 Å². The Bertz CT molecular complexity index is 1160. The Kier molecular flexibility index (Phi) is 9.43. The van der Waals surface area contributed by atoms with Crippen LogP contribution >= 0.6 is 0 Å². The molecule has 0 radical (unpaired) electrons. The average Bonchev–Trinajstić information content (AvgIpc) is 2.80. The van der Waals surface area contributed by atoms with Crippen molar-refractivity contribution in [3.63, 3.8) is 0 Å². The highest BCUT2D eigenvalue weighted by atomic mass is 32.2. The van der Waals surface area contributed by atoms with Crippen LogP contribution in [0.4, 0.5) is 13.6 Å². The van der Waals surface area contributed by atoms with Gasteiger partial charge in [0.1, 0.15) is 11.6 Å². The molecular formula is C26H35F2N3O4S. The molecule has 7 nitrogen and oxygen atoms in total. The third kappa shape index (κ3) is 7.72. The summed E-state index contributed by atoms with van der Waals surface area (Å²) in [5.41, 5.74) is 2.96. The third-order valence-corrected chi connectivity index (χ3v) is 8.10. The Balaban J connectivity index is 1.78. The normalized spacial score (nSPS) is 19.1. The molecule has 2 amide bonds. The summed E-state index contributed by atoms with van der Waals surface area (Å²) in [7, 11) is -3.33. The van der Waals surface area contributed by atoms with E-state index in [1.807, 2.05) is 39.0 Å². The largest absolute Gasteiger partial charge is 0.390 e. The minimum Gasteiger partial charge on any atom is -0.390 e. The highest BCUT2D eigenvalue weighted by Crippen LogP contribution is 2.29. The molecule has 0 saturated heterocycles. The molecule has 3 rings (SSSR count). The number of rotatable bonds is 10. The summed E-state index contributed by atoms with van der Waals surface area (Å²) in [5.74, 6) is -1.65. The fourth-order valence-electron chi connectivity index (χ4n) is 4.34. The fraction of sp³-hybridized carbons (Fsp3) is 0.500. The van der Waals surface area contributed by atoms with Gasteiger partial charge < -0.3 is 21.1 Å². The number of halogens is 2. The maximum atomic E-state index is 13.8. The predicted octanol–water partition coefficient (Wildman–Crippen LogP) is 3.16. The maximum Gasteiger partial charge on any atom is 0.315 e. The first kappa shape index (κ1) is 28.0. The van der Waals surface area contributed by atoms with Gasteiger partial charge in [-0.15, -0.1) is 0 Å². The van der Waals surface area contributed by atoms with Gasteiger partial charge in [0.25, 0.3) is 0 Å². The summed E-state index contributed by atoms with van der Waals surface area (Å²) in [6, 6.07) is 6.77. The highest BCUT2D eigenvalue weighted by Gasteiger charge is 2.31. The molecule has 0 bridgehead atoms. The number of carbonyl (C=O) groups excluding carboxylic acids is 1. The zero-order valence-corrected chi connectivity index (χ0v) is 21.7. The van der Waals surface area contributed by atoms with E-state index in [4.69, 9.17) is 0 Å². The van der Waals surface area contributed by atoms with Crippen molar-refractivity contribution in [3.05, 3.63) is 70.3 Å². The molecule has 4 N–H and O–H groups in total. The number of aryl methyl sites for hydroxylation is 1. The molecule has 198 valence electrons. The standard InChI is InChI=1S/C26H35F2N3O4S/c1-4-16(3)30-26(33)31-23(11-18-8-20(27)12-21(28)9-18)25(32)13-29-24-15-36(34,35)14-19-7-6-17(5-2)10-22(19)24/h6-10,12,16,23-25,29,32H,4-5,11,13-15H2,1-3H3,(H2,30,31,33)/t16?,23-,24-,25+/m1/s1. The van der Waals surface area contributed by atoms with Crippen molar-refractivity contribution in [2.75, 3.05) is 12.3 Å². The van der Waals surface area contributed by atoms with E-state index >= 15 is 0 Å². The molecular weight excluding hydrogens is 488 g/mol. The van der Waals surface area contributed by atoms with E-state index < -0.39 is 45.7 Å². The summed E-state index contributed by atoms with van der Waals surface area (Å²) in [4.78, 5) is 12.5. The maximum absolute atomic E-state index is 13.8. The number of carbonyl (C=O) groups is 1. The number of hydrogen-bond acceptors (Lipinski definition) is 5. The van der Waals surface area contributed by atoms with Crippen LogP contribution in [0.2, 0.25) is 0 Å². The van der Waals surface area contributed by atoms with Crippen LogP contribution in [0.15, 0.2) is 36.4 Å². The number of hydrogen-bond donors (Lipinski definition) is 4. The molecule has 0 aliphatic carbocycles. The van der Waals surface area contributed by atoms with Crippen molar-refractivity contribution in [1.82, 2.24) is 16.0 Å². The number of amides is 2. The SMILES string of the molecule is CCc1ccc2c(c1)[C@H](NC[C@H](O)[C@@H](Cc1cc(F)cc(F)c1)NC(=O)NC(C)CC)CS(=O)(=O)C2. The van der Waals surface area contributed by atoms with Crippen molar-refractivity contribution in [2.45, 2.75) is 70.0 Å². The minimum absolute atomic E-state index is 0.0228. The van der Waals surface area contributed by atoms with Gasteiger partial charge in [-0.2, -0.15) is 0 Å². The molecule has 0 fully saturated rings. The van der Waals surface area contributed by atoms with E-state index in [0.29, 0.717) is 6.42 Å². The van der Waals surface area contributed by atoms with Gasteiger partial charge >= 0.3 is 6.03 Å². The predicted molar refractivity (Wildman–Crippen MR) is 135 cm³/mol. The van der Waals surface area contributed by atoms with Crippen LogP contribution in [-0.2, 0) is 28.4 Å². The Labute approximate surface area is 211 Å². The monoisotopic (exact) mass is 523 g/mol. The zero-order valence-electron chi connectivity index (χ0n) is 20.9. The quantitative estimate of drug-likeness (QED) is 0.383. The molecule has 0 saturated carbocycles. The van der Waals surface area contributed by atoms with Gasteiger partial charge in [-0.05, 0) is 60.6 Å². The molecule has 36 heavy (non-hydrogen) atoms. The molecule has 0 aromatic heterocycles. The second-order valence-electron chi connectivity index (χ2n) is 9.48. The van der Waals surface area contributed by atoms with E-state index in [2.05, 4.69) is 16.0 Å². The molecule has 1 unspecified atom stereocenters. The first-order chi connectivity index (χ1) is 17.0. The van der Waals surface area contributed by atoms with Gasteiger partial charge in [-0.3, -0.25) is 0 Å². The van der Waals surface area contributed by atoms with Crippen molar-refractivity contribution >= 4 is 15.9 Å². The Morgan fingerprint density at radius 2 is 1.78 bits per heavy atom. The molecule has 4 atom stereocenters. The van der Waals surface area contributed by atoms with Crippen LogP contribution in [0.3, 0.4) is 0 Å². The number of aliphatic hydroxyl groups excluding tert-OH is 1. The summed E-state index contributed by atoms with van der Waals surface area (Å²) in [5, 5.41) is 19.6. The topological polar surface area (TPSA) is 108 Å². The van der Waals surface area contributed by atoms with E-state index in [1.165, 1.54) is 0 Å². The number of urea groups is 1. The molecule has 2 aromatic rings. The number of nitrogens with one attached hydrogen (secondary N) is 3. The second kappa shape index (κ2) is 12.1. The van der Waals surface area contributed by atoms with Crippen LogP contribution in [-0.4, -0.2) is 50.0 Å². The van der Waals surface area contributed by atoms with Gasteiger partial charge in [0.2, 0.25) is 0 Å².